The summed E-state index contributed by atoms with van der Waals surface area (Å²) >= 11 is 1.62. The van der Waals surface area contributed by atoms with Gasteiger partial charge in [-0.15, -0.1) is 0 Å². The highest BCUT2D eigenvalue weighted by Gasteiger charge is 2.12. The van der Waals surface area contributed by atoms with Crippen LogP contribution in [0, 0.1) is 17.0 Å². The van der Waals surface area contributed by atoms with Gasteiger partial charge in [0, 0.05) is 18.7 Å². The van der Waals surface area contributed by atoms with E-state index in [2.05, 4.69) is 5.32 Å². The number of carbonyl (C=O) groups is 1. The molecule has 0 spiro atoms. The summed E-state index contributed by atoms with van der Waals surface area (Å²) in [6.45, 7) is 2.71. The minimum Gasteiger partial charge on any atom is -0.324 e. The Morgan fingerprint density at radius 1 is 1.41 bits per heavy atom. The van der Waals surface area contributed by atoms with Crippen molar-refractivity contribution in [3.63, 3.8) is 0 Å². The number of anilines is 1. The third kappa shape index (κ3) is 4.37. The largest absolute Gasteiger partial charge is 0.324 e. The maximum atomic E-state index is 12.1. The summed E-state index contributed by atoms with van der Waals surface area (Å²) in [7, 11) is 1.86. The first-order valence-electron chi connectivity index (χ1n) is 6.70. The number of nitrogens with zero attached hydrogens (tertiary/aromatic N) is 2. The molecule has 116 valence electrons. The molecule has 1 heterocycles. The van der Waals surface area contributed by atoms with Gasteiger partial charge in [-0.25, -0.2) is 0 Å². The smallest absolute Gasteiger partial charge is 0.271 e. The van der Waals surface area contributed by atoms with E-state index < -0.39 is 4.92 Å². The molecule has 2 aromatic rings. The van der Waals surface area contributed by atoms with Gasteiger partial charge in [-0.2, -0.15) is 11.3 Å². The van der Waals surface area contributed by atoms with Crippen LogP contribution in [0.15, 0.2) is 35.0 Å². The van der Waals surface area contributed by atoms with Gasteiger partial charge in [-0.05, 0) is 41.9 Å². The lowest BCUT2D eigenvalue weighted by Gasteiger charge is -2.16. The summed E-state index contributed by atoms with van der Waals surface area (Å²) in [4.78, 5) is 24.3. The number of carbonyl (C=O) groups excluding carboxylic acids is 1. The van der Waals surface area contributed by atoms with Crippen LogP contribution >= 0.6 is 11.3 Å². The molecule has 22 heavy (non-hydrogen) atoms. The zero-order valence-electron chi connectivity index (χ0n) is 12.4. The van der Waals surface area contributed by atoms with Crippen molar-refractivity contribution in [3.05, 3.63) is 56.3 Å². The SMILES string of the molecule is Cc1ccc([N+](=O)[O-])cc1NC(=O)CN(C)Cc1ccsc1. The molecular formula is C15H17N3O3S. The van der Waals surface area contributed by atoms with E-state index in [1.54, 1.807) is 24.3 Å². The monoisotopic (exact) mass is 319 g/mol. The van der Waals surface area contributed by atoms with Crippen LogP contribution in [0.25, 0.3) is 0 Å². The van der Waals surface area contributed by atoms with Crippen LogP contribution in [0.2, 0.25) is 0 Å². The second-order valence-electron chi connectivity index (χ2n) is 5.11. The first-order chi connectivity index (χ1) is 10.5. The quantitative estimate of drug-likeness (QED) is 0.656. The first kappa shape index (κ1) is 16.1. The number of amides is 1. The molecule has 0 unspecified atom stereocenters. The summed E-state index contributed by atoms with van der Waals surface area (Å²) in [6, 6.07) is 6.45. The number of nitro benzene ring substituents is 1. The van der Waals surface area contributed by atoms with Gasteiger partial charge in [0.25, 0.3) is 5.69 Å². The highest BCUT2D eigenvalue weighted by atomic mass is 32.1. The Morgan fingerprint density at radius 2 is 2.18 bits per heavy atom. The fourth-order valence-corrected chi connectivity index (χ4v) is 2.70. The molecule has 1 amide bonds. The summed E-state index contributed by atoms with van der Waals surface area (Å²) in [6.07, 6.45) is 0. The number of hydrogen-bond acceptors (Lipinski definition) is 5. The van der Waals surface area contributed by atoms with E-state index in [4.69, 9.17) is 0 Å². The third-order valence-corrected chi connectivity index (χ3v) is 3.88. The molecule has 0 fully saturated rings. The molecule has 0 radical (unpaired) electrons. The topological polar surface area (TPSA) is 75.5 Å². The molecule has 0 bridgehead atoms. The van der Waals surface area contributed by atoms with Crippen LogP contribution in [-0.4, -0.2) is 29.3 Å². The van der Waals surface area contributed by atoms with E-state index in [9.17, 15) is 14.9 Å². The van der Waals surface area contributed by atoms with Gasteiger partial charge in [0.1, 0.15) is 0 Å². The van der Waals surface area contributed by atoms with E-state index in [-0.39, 0.29) is 18.1 Å². The van der Waals surface area contributed by atoms with Crippen LogP contribution in [0.1, 0.15) is 11.1 Å². The predicted molar refractivity (Wildman–Crippen MR) is 87.1 cm³/mol. The Balaban J connectivity index is 1.96. The van der Waals surface area contributed by atoms with E-state index in [1.807, 2.05) is 28.8 Å². The van der Waals surface area contributed by atoms with Gasteiger partial charge >= 0.3 is 0 Å². The second kappa shape index (κ2) is 7.15. The van der Waals surface area contributed by atoms with Gasteiger partial charge in [-0.1, -0.05) is 6.07 Å². The normalized spacial score (nSPS) is 10.7. The van der Waals surface area contributed by atoms with Crippen LogP contribution in [0.5, 0.6) is 0 Å². The number of non-ortho nitro benzene ring substituents is 1. The molecular weight excluding hydrogens is 302 g/mol. The Bertz CT molecular complexity index is 671. The van der Waals surface area contributed by atoms with Crippen molar-refractivity contribution in [2.75, 3.05) is 18.9 Å². The van der Waals surface area contributed by atoms with Gasteiger partial charge in [0.05, 0.1) is 17.2 Å². The van der Waals surface area contributed by atoms with E-state index in [0.29, 0.717) is 12.2 Å². The fourth-order valence-electron chi connectivity index (χ4n) is 2.04. The fraction of sp³-hybridized carbons (Fsp3) is 0.267. The number of nitrogens with one attached hydrogen (secondary N) is 1. The number of benzene rings is 1. The summed E-state index contributed by atoms with van der Waals surface area (Å²) < 4.78 is 0. The zero-order chi connectivity index (χ0) is 16.1. The summed E-state index contributed by atoms with van der Waals surface area (Å²) in [5.41, 5.74) is 2.39. The molecule has 0 saturated carbocycles. The molecule has 0 saturated heterocycles. The molecule has 2 rings (SSSR count). The second-order valence-corrected chi connectivity index (χ2v) is 5.89. The van der Waals surface area contributed by atoms with Crippen LogP contribution in [0.4, 0.5) is 11.4 Å². The van der Waals surface area contributed by atoms with Gasteiger partial charge < -0.3 is 5.32 Å². The van der Waals surface area contributed by atoms with Crippen molar-refractivity contribution in [1.82, 2.24) is 4.90 Å². The number of likely N-dealkylation sites (N-methyl/N-ethyl adjacent to an activating group) is 1. The maximum absolute atomic E-state index is 12.1. The molecule has 0 aliphatic rings. The van der Waals surface area contributed by atoms with Gasteiger partial charge in [0.15, 0.2) is 0 Å². The number of nitro groups is 1. The van der Waals surface area contributed by atoms with Crippen molar-refractivity contribution < 1.29 is 9.72 Å². The summed E-state index contributed by atoms with van der Waals surface area (Å²) in [5, 5.41) is 17.6. The molecule has 0 atom stereocenters. The average molecular weight is 319 g/mol. The van der Waals surface area contributed by atoms with Crippen LogP contribution in [-0.2, 0) is 11.3 Å². The Morgan fingerprint density at radius 3 is 2.82 bits per heavy atom. The number of aryl methyl sites for hydroxylation is 1. The van der Waals surface area contributed by atoms with Crippen molar-refractivity contribution in [2.45, 2.75) is 13.5 Å². The zero-order valence-corrected chi connectivity index (χ0v) is 13.2. The van der Waals surface area contributed by atoms with Crippen molar-refractivity contribution in [2.24, 2.45) is 0 Å². The molecule has 0 aliphatic carbocycles. The lowest BCUT2D eigenvalue weighted by Crippen LogP contribution is -2.29. The van der Waals surface area contributed by atoms with Crippen LogP contribution < -0.4 is 5.32 Å². The minimum absolute atomic E-state index is 0.0347. The van der Waals surface area contributed by atoms with E-state index in [1.165, 1.54) is 12.1 Å². The van der Waals surface area contributed by atoms with Crippen LogP contribution in [0.3, 0.4) is 0 Å². The van der Waals surface area contributed by atoms with E-state index >= 15 is 0 Å². The van der Waals surface area contributed by atoms with Gasteiger partial charge in [-0.3, -0.25) is 19.8 Å². The van der Waals surface area contributed by atoms with E-state index in [0.717, 1.165) is 11.1 Å². The standard InChI is InChI=1S/C15H17N3O3S/c1-11-3-4-13(18(20)21)7-14(11)16-15(19)9-17(2)8-12-5-6-22-10-12/h3-7,10H,8-9H2,1-2H3,(H,16,19). The minimum atomic E-state index is -0.474. The molecule has 1 N–H and O–H groups in total. The van der Waals surface area contributed by atoms with Crippen molar-refractivity contribution >= 4 is 28.6 Å². The third-order valence-electron chi connectivity index (χ3n) is 3.15. The Hall–Kier alpha value is -2.25. The number of hydrogen-bond donors (Lipinski definition) is 1. The first-order valence-corrected chi connectivity index (χ1v) is 7.64. The predicted octanol–water partition coefficient (Wildman–Crippen LogP) is 3.04. The average Bonchev–Trinajstić information content (AvgIpc) is 2.93. The molecule has 1 aromatic heterocycles. The van der Waals surface area contributed by atoms with Crippen molar-refractivity contribution in [1.29, 1.82) is 0 Å². The lowest BCUT2D eigenvalue weighted by atomic mass is 10.2. The summed E-state index contributed by atoms with van der Waals surface area (Å²) in [5.74, 6) is -0.193. The highest BCUT2D eigenvalue weighted by molar-refractivity contribution is 7.07. The molecule has 0 aliphatic heterocycles. The highest BCUT2D eigenvalue weighted by Crippen LogP contribution is 2.21. The Kier molecular flexibility index (Phi) is 5.24. The molecule has 1 aromatic carbocycles. The molecule has 7 heteroatoms. The van der Waals surface area contributed by atoms with Gasteiger partial charge in [0.2, 0.25) is 5.91 Å². The molecule has 6 nitrogen and oxygen atoms in total. The Labute approximate surface area is 132 Å². The number of thiophene rings is 1. The maximum Gasteiger partial charge on any atom is 0.271 e. The number of rotatable bonds is 6. The lowest BCUT2D eigenvalue weighted by molar-refractivity contribution is -0.384. The van der Waals surface area contributed by atoms with Crippen molar-refractivity contribution in [3.8, 4) is 0 Å².